The fraction of sp³-hybridized carbons (Fsp3) is 0.583. The number of imidazole rings is 1. The minimum absolute atomic E-state index is 0.185. The van der Waals surface area contributed by atoms with Gasteiger partial charge in [-0.3, -0.25) is 24.0 Å². The maximum Gasteiger partial charge on any atom is 0.410 e. The summed E-state index contributed by atoms with van der Waals surface area (Å²) in [7, 11) is 1.64. The Morgan fingerprint density at radius 1 is 1.18 bits per heavy atom. The van der Waals surface area contributed by atoms with Gasteiger partial charge >= 0.3 is 11.8 Å². The van der Waals surface area contributed by atoms with E-state index < -0.39 is 23.2 Å². The lowest BCUT2D eigenvalue weighted by Crippen LogP contribution is -2.49. The van der Waals surface area contributed by atoms with Crippen molar-refractivity contribution in [2.45, 2.75) is 70.1 Å². The van der Waals surface area contributed by atoms with Crippen molar-refractivity contribution in [2.24, 2.45) is 7.05 Å². The molecule has 184 valence electrons. The number of nitrogens with one attached hydrogen (secondary N) is 1. The van der Waals surface area contributed by atoms with Crippen LogP contribution in [-0.4, -0.2) is 61.3 Å². The summed E-state index contributed by atoms with van der Waals surface area (Å²) in [5.74, 6) is -0.802. The number of aromatic nitrogens is 2. The lowest BCUT2D eigenvalue weighted by molar-refractivity contribution is -0.135. The normalized spacial score (nSPS) is 21.0. The molecule has 0 spiro atoms. The van der Waals surface area contributed by atoms with Gasteiger partial charge in [0.1, 0.15) is 11.6 Å². The van der Waals surface area contributed by atoms with Crippen molar-refractivity contribution in [3.05, 3.63) is 34.2 Å². The first-order valence-corrected chi connectivity index (χ1v) is 11.6. The zero-order valence-corrected chi connectivity index (χ0v) is 20.1. The van der Waals surface area contributed by atoms with Gasteiger partial charge in [-0.25, -0.2) is 9.59 Å². The first kappa shape index (κ1) is 24.0. The summed E-state index contributed by atoms with van der Waals surface area (Å²) in [5, 5.41) is 13.5. The van der Waals surface area contributed by atoms with Crippen LogP contribution in [-0.2, 0) is 27.8 Å². The highest BCUT2D eigenvalue weighted by molar-refractivity contribution is 6.00. The minimum Gasteiger partial charge on any atom is -0.444 e. The van der Waals surface area contributed by atoms with Gasteiger partial charge in [-0.1, -0.05) is 6.07 Å². The topological polar surface area (TPSA) is 123 Å². The van der Waals surface area contributed by atoms with Crippen LogP contribution in [0.25, 0.3) is 11.0 Å². The number of imide groups is 1. The Labute approximate surface area is 197 Å². The molecule has 2 saturated heterocycles. The van der Waals surface area contributed by atoms with E-state index in [1.54, 1.807) is 18.0 Å². The van der Waals surface area contributed by atoms with Crippen LogP contribution < -0.4 is 11.0 Å². The van der Waals surface area contributed by atoms with Crippen molar-refractivity contribution in [2.75, 3.05) is 13.1 Å². The number of fused-ring (bicyclic) bond motifs is 1. The summed E-state index contributed by atoms with van der Waals surface area (Å²) in [6.07, 6.45) is 1.30. The Morgan fingerprint density at radius 2 is 1.85 bits per heavy atom. The van der Waals surface area contributed by atoms with Crippen molar-refractivity contribution in [1.82, 2.24) is 19.4 Å². The summed E-state index contributed by atoms with van der Waals surface area (Å²) < 4.78 is 8.35. The highest BCUT2D eigenvalue weighted by Crippen LogP contribution is 2.29. The number of piperidine rings is 2. The summed E-state index contributed by atoms with van der Waals surface area (Å²) in [5.41, 5.74) is 0.250. The Morgan fingerprint density at radius 3 is 2.47 bits per heavy atom. The summed E-state index contributed by atoms with van der Waals surface area (Å²) in [6.45, 7) is 6.27. The molecule has 2 aromatic rings. The molecule has 2 aliphatic heterocycles. The molecule has 10 heteroatoms. The number of aliphatic hydroxyl groups is 1. The van der Waals surface area contributed by atoms with Gasteiger partial charge in [-0.15, -0.1) is 0 Å². The second kappa shape index (κ2) is 8.57. The van der Waals surface area contributed by atoms with Crippen LogP contribution in [0.2, 0.25) is 0 Å². The number of benzene rings is 1. The van der Waals surface area contributed by atoms with Gasteiger partial charge in [0.25, 0.3) is 0 Å². The van der Waals surface area contributed by atoms with E-state index in [4.69, 9.17) is 4.74 Å². The number of carbonyl (C=O) groups is 3. The maximum absolute atomic E-state index is 12.9. The quantitative estimate of drug-likeness (QED) is 0.655. The second-order valence-electron chi connectivity index (χ2n) is 10.4. The van der Waals surface area contributed by atoms with Crippen LogP contribution >= 0.6 is 0 Å². The van der Waals surface area contributed by atoms with Gasteiger partial charge in [-0.2, -0.15) is 0 Å². The third-order valence-corrected chi connectivity index (χ3v) is 6.55. The smallest absolute Gasteiger partial charge is 0.410 e. The first-order chi connectivity index (χ1) is 15.9. The fourth-order valence-electron chi connectivity index (χ4n) is 4.74. The summed E-state index contributed by atoms with van der Waals surface area (Å²) >= 11 is 0. The second-order valence-corrected chi connectivity index (χ2v) is 10.4. The van der Waals surface area contributed by atoms with Crippen LogP contribution in [0, 0.1) is 0 Å². The molecule has 0 saturated carbocycles. The van der Waals surface area contributed by atoms with E-state index in [0.717, 1.165) is 5.56 Å². The van der Waals surface area contributed by atoms with Gasteiger partial charge in [-0.05, 0) is 57.7 Å². The third-order valence-electron chi connectivity index (χ3n) is 6.55. The zero-order valence-electron chi connectivity index (χ0n) is 20.1. The molecule has 1 atom stereocenters. The van der Waals surface area contributed by atoms with Crippen LogP contribution in [0.1, 0.15) is 58.1 Å². The van der Waals surface area contributed by atoms with Crippen LogP contribution in [0.3, 0.4) is 0 Å². The number of nitrogens with zero attached hydrogens (tertiary/aromatic N) is 3. The number of hydrogen-bond donors (Lipinski definition) is 2. The predicted molar refractivity (Wildman–Crippen MR) is 124 cm³/mol. The molecule has 0 bridgehead atoms. The largest absolute Gasteiger partial charge is 0.444 e. The van der Waals surface area contributed by atoms with Crippen molar-refractivity contribution < 1.29 is 24.2 Å². The van der Waals surface area contributed by atoms with E-state index in [0.29, 0.717) is 43.4 Å². The molecule has 34 heavy (non-hydrogen) atoms. The Hall–Kier alpha value is -3.14. The molecule has 1 unspecified atom stereocenters. The number of amides is 3. The highest BCUT2D eigenvalue weighted by Gasteiger charge is 2.36. The molecule has 3 heterocycles. The lowest BCUT2D eigenvalue weighted by atomic mass is 9.85. The molecular formula is C24H32N4O6. The number of carbonyl (C=O) groups excluding carboxylic acids is 3. The Balaban J connectivity index is 1.51. The van der Waals surface area contributed by atoms with Crippen molar-refractivity contribution >= 4 is 28.9 Å². The number of hydrogen-bond acceptors (Lipinski definition) is 6. The molecule has 0 aliphatic carbocycles. The molecule has 3 amide bonds. The van der Waals surface area contributed by atoms with E-state index in [9.17, 15) is 24.3 Å². The monoisotopic (exact) mass is 472 g/mol. The van der Waals surface area contributed by atoms with Crippen molar-refractivity contribution in [1.29, 1.82) is 0 Å². The van der Waals surface area contributed by atoms with E-state index >= 15 is 0 Å². The zero-order chi connectivity index (χ0) is 24.8. The van der Waals surface area contributed by atoms with Gasteiger partial charge in [0, 0.05) is 33.0 Å². The maximum atomic E-state index is 12.9. The average Bonchev–Trinajstić information content (AvgIpc) is 2.97. The third kappa shape index (κ3) is 4.72. The van der Waals surface area contributed by atoms with Gasteiger partial charge in [0.15, 0.2) is 0 Å². The summed E-state index contributed by atoms with van der Waals surface area (Å²) in [4.78, 5) is 50.7. The number of aryl methyl sites for hydroxylation is 1. The SMILES string of the molecule is Cn1c(=O)n(C2CCC(=O)NC2=O)c2ccc(CC3(O)CCN(C(=O)OC(C)(C)C)CC3)cc21. The van der Waals surface area contributed by atoms with E-state index in [2.05, 4.69) is 5.32 Å². The van der Waals surface area contributed by atoms with E-state index in [-0.39, 0.29) is 30.5 Å². The van der Waals surface area contributed by atoms with E-state index in [1.807, 2.05) is 32.9 Å². The van der Waals surface area contributed by atoms with Crippen molar-refractivity contribution in [3.8, 4) is 0 Å². The molecule has 4 rings (SSSR count). The average molecular weight is 473 g/mol. The molecule has 10 nitrogen and oxygen atoms in total. The standard InChI is InChI=1S/C24H32N4O6/c1-23(2,3)34-22(32)27-11-9-24(33,10-12-27)14-15-5-6-16-18(13-15)26(4)21(31)28(16)17-7-8-19(29)25-20(17)30/h5-6,13,17,33H,7-12,14H2,1-4H3,(H,25,29,30). The Bertz CT molecular complexity index is 1200. The van der Waals surface area contributed by atoms with Crippen molar-refractivity contribution in [3.63, 3.8) is 0 Å². The molecule has 2 fully saturated rings. The molecule has 2 N–H and O–H groups in total. The highest BCUT2D eigenvalue weighted by atomic mass is 16.6. The van der Waals surface area contributed by atoms with Crippen LogP contribution in [0.5, 0.6) is 0 Å². The lowest BCUT2D eigenvalue weighted by Gasteiger charge is -2.38. The van der Waals surface area contributed by atoms with Crippen LogP contribution in [0.15, 0.2) is 23.0 Å². The van der Waals surface area contributed by atoms with E-state index in [1.165, 1.54) is 9.13 Å². The van der Waals surface area contributed by atoms with Gasteiger partial charge in [0.2, 0.25) is 11.8 Å². The number of likely N-dealkylation sites (tertiary alicyclic amines) is 1. The van der Waals surface area contributed by atoms with Gasteiger partial charge < -0.3 is 14.7 Å². The molecular weight excluding hydrogens is 440 g/mol. The summed E-state index contributed by atoms with van der Waals surface area (Å²) in [6, 6.07) is 4.76. The van der Waals surface area contributed by atoms with Crippen LogP contribution in [0.4, 0.5) is 4.79 Å². The number of ether oxygens (including phenoxy) is 1. The Kier molecular flexibility index (Phi) is 6.05. The number of rotatable bonds is 3. The first-order valence-electron chi connectivity index (χ1n) is 11.6. The molecule has 0 radical (unpaired) electrons. The minimum atomic E-state index is -0.975. The fourth-order valence-corrected chi connectivity index (χ4v) is 4.74. The predicted octanol–water partition coefficient (Wildman–Crippen LogP) is 1.62. The molecule has 1 aromatic carbocycles. The molecule has 1 aromatic heterocycles. The van der Waals surface area contributed by atoms with Gasteiger partial charge in [0.05, 0.1) is 16.6 Å². The molecule has 2 aliphatic rings.